The van der Waals surface area contributed by atoms with E-state index in [1.54, 1.807) is 7.11 Å². The smallest absolute Gasteiger partial charge is 0.307 e. The first kappa shape index (κ1) is 23.3. The number of esters is 1. The number of hydrogen-bond acceptors (Lipinski definition) is 7. The monoisotopic (exact) mass is 427 g/mol. The number of halogens is 1. The number of methoxy groups -OCH3 is 2. The lowest BCUT2D eigenvalue weighted by Gasteiger charge is -2.38. The number of hydrogen-bond donors (Lipinski definition) is 2. The van der Waals surface area contributed by atoms with Crippen molar-refractivity contribution in [3.63, 3.8) is 0 Å². The summed E-state index contributed by atoms with van der Waals surface area (Å²) in [7, 11) is 3.08. The Hall–Kier alpha value is -2.03. The minimum Gasteiger partial charge on any atom is -0.496 e. The second-order valence-corrected chi connectivity index (χ2v) is 7.71. The molecule has 1 amide bonds. The summed E-state index contributed by atoms with van der Waals surface area (Å²) in [5, 5.41) is 3.30. The Balaban J connectivity index is 1.96. The molecule has 8 nitrogen and oxygen atoms in total. The van der Waals surface area contributed by atoms with Crippen molar-refractivity contribution in [1.29, 1.82) is 0 Å². The fourth-order valence-corrected chi connectivity index (χ4v) is 3.48. The molecule has 0 saturated carbocycles. The van der Waals surface area contributed by atoms with E-state index in [1.165, 1.54) is 19.2 Å². The summed E-state index contributed by atoms with van der Waals surface area (Å²) in [6.07, 6.45) is 0.694. The van der Waals surface area contributed by atoms with Crippen LogP contribution in [0, 0.1) is 0 Å². The highest BCUT2D eigenvalue weighted by atomic mass is 35.5. The molecule has 1 aromatic rings. The molecule has 162 valence electrons. The normalized spacial score (nSPS) is 19.8. The van der Waals surface area contributed by atoms with Crippen molar-refractivity contribution < 1.29 is 23.8 Å². The van der Waals surface area contributed by atoms with E-state index in [2.05, 4.69) is 10.2 Å². The Morgan fingerprint density at radius 3 is 2.69 bits per heavy atom. The Bertz CT molecular complexity index is 728. The largest absolute Gasteiger partial charge is 0.496 e. The molecule has 0 bridgehead atoms. The third-order valence-electron chi connectivity index (χ3n) is 4.83. The van der Waals surface area contributed by atoms with Crippen LogP contribution in [0.15, 0.2) is 12.1 Å². The second-order valence-electron chi connectivity index (χ2n) is 7.31. The van der Waals surface area contributed by atoms with Gasteiger partial charge >= 0.3 is 5.97 Å². The number of nitrogens with two attached hydrogens (primary N) is 1. The first-order chi connectivity index (χ1) is 13.7. The van der Waals surface area contributed by atoms with Gasteiger partial charge in [-0.25, -0.2) is 0 Å². The van der Waals surface area contributed by atoms with Gasteiger partial charge in [0.2, 0.25) is 0 Å². The lowest BCUT2D eigenvalue weighted by Crippen LogP contribution is -2.55. The zero-order valence-electron chi connectivity index (χ0n) is 17.4. The predicted octanol–water partition coefficient (Wildman–Crippen LogP) is 2.09. The van der Waals surface area contributed by atoms with E-state index in [4.69, 9.17) is 31.5 Å². The topological polar surface area (TPSA) is 103 Å². The van der Waals surface area contributed by atoms with Crippen LogP contribution >= 0.6 is 11.6 Å². The van der Waals surface area contributed by atoms with Crippen LogP contribution in [0.3, 0.4) is 0 Å². The van der Waals surface area contributed by atoms with Crippen LogP contribution in [-0.2, 0) is 14.3 Å². The van der Waals surface area contributed by atoms with Gasteiger partial charge in [0, 0.05) is 32.8 Å². The number of ether oxygens (including phenoxy) is 3. The number of piperidine rings is 1. The maximum Gasteiger partial charge on any atom is 0.307 e. The number of amides is 1. The molecule has 0 aliphatic carbocycles. The number of nitrogens with zero attached hydrogens (tertiary/aromatic N) is 1. The van der Waals surface area contributed by atoms with E-state index in [1.807, 2.05) is 13.8 Å². The summed E-state index contributed by atoms with van der Waals surface area (Å²) in [6.45, 7) is 5.59. The molecule has 2 rings (SSSR count). The number of benzene rings is 1. The lowest BCUT2D eigenvalue weighted by molar-refractivity contribution is -0.148. The van der Waals surface area contributed by atoms with Crippen LogP contribution < -0.4 is 15.8 Å². The number of nitrogens with one attached hydrogen (secondary N) is 1. The molecule has 1 saturated heterocycles. The molecule has 1 heterocycles. The van der Waals surface area contributed by atoms with Crippen molar-refractivity contribution in [3.05, 3.63) is 22.7 Å². The summed E-state index contributed by atoms with van der Waals surface area (Å²) in [4.78, 5) is 26.7. The van der Waals surface area contributed by atoms with Gasteiger partial charge in [0.15, 0.2) is 0 Å². The molecule has 9 heteroatoms. The first-order valence-corrected chi connectivity index (χ1v) is 10.0. The standard InChI is InChI=1S/C20H30ClN3O5/c1-12(2)29-19(25)6-8-24-7-5-16(18(11-24)28-4)23-20(26)13-9-14(21)15(22)10-17(13)27-3/h9-10,12,16,18H,5-8,11,22H2,1-4H3,(H,23,26). The fraction of sp³-hybridized carbons (Fsp3) is 0.600. The van der Waals surface area contributed by atoms with Gasteiger partial charge in [0.1, 0.15) is 5.75 Å². The number of rotatable bonds is 8. The number of nitrogen functional groups attached to an aromatic ring is 1. The number of likely N-dealkylation sites (tertiary alicyclic amines) is 1. The molecular weight excluding hydrogens is 398 g/mol. The van der Waals surface area contributed by atoms with Gasteiger partial charge in [-0.2, -0.15) is 0 Å². The average Bonchev–Trinajstić information content (AvgIpc) is 2.68. The van der Waals surface area contributed by atoms with Crippen molar-refractivity contribution >= 4 is 29.2 Å². The van der Waals surface area contributed by atoms with Crippen LogP contribution in [0.25, 0.3) is 0 Å². The Morgan fingerprint density at radius 2 is 2.07 bits per heavy atom. The van der Waals surface area contributed by atoms with E-state index in [0.717, 1.165) is 6.54 Å². The molecular formula is C20H30ClN3O5. The minimum atomic E-state index is -0.301. The quantitative estimate of drug-likeness (QED) is 0.483. The third-order valence-corrected chi connectivity index (χ3v) is 5.15. The van der Waals surface area contributed by atoms with Crippen LogP contribution in [0.4, 0.5) is 5.69 Å². The summed E-state index contributed by atoms with van der Waals surface area (Å²) in [6, 6.07) is 2.86. The maximum atomic E-state index is 12.8. The van der Waals surface area contributed by atoms with Crippen molar-refractivity contribution in [3.8, 4) is 5.75 Å². The van der Waals surface area contributed by atoms with E-state index in [0.29, 0.717) is 48.0 Å². The lowest BCUT2D eigenvalue weighted by atomic mass is 10.0. The molecule has 29 heavy (non-hydrogen) atoms. The maximum absolute atomic E-state index is 12.8. The summed E-state index contributed by atoms with van der Waals surface area (Å²) < 4.78 is 16.0. The summed E-state index contributed by atoms with van der Waals surface area (Å²) >= 11 is 6.07. The summed E-state index contributed by atoms with van der Waals surface area (Å²) in [5.41, 5.74) is 6.45. The second kappa shape index (κ2) is 10.7. The van der Waals surface area contributed by atoms with Gasteiger partial charge < -0.3 is 30.2 Å². The van der Waals surface area contributed by atoms with Crippen LogP contribution in [0.2, 0.25) is 5.02 Å². The number of carbonyl (C=O) groups excluding carboxylic acids is 2. The number of anilines is 1. The van der Waals surface area contributed by atoms with E-state index >= 15 is 0 Å². The molecule has 1 aliphatic rings. The molecule has 0 spiro atoms. The van der Waals surface area contributed by atoms with Crippen LogP contribution in [0.1, 0.15) is 37.0 Å². The predicted molar refractivity (Wildman–Crippen MR) is 111 cm³/mol. The van der Waals surface area contributed by atoms with Gasteiger partial charge in [-0.15, -0.1) is 0 Å². The van der Waals surface area contributed by atoms with Crippen LogP contribution in [0.5, 0.6) is 5.75 Å². The number of carbonyl (C=O) groups is 2. The van der Waals surface area contributed by atoms with Gasteiger partial charge in [0.25, 0.3) is 5.91 Å². The van der Waals surface area contributed by atoms with E-state index in [9.17, 15) is 9.59 Å². The first-order valence-electron chi connectivity index (χ1n) is 9.63. The summed E-state index contributed by atoms with van der Waals surface area (Å²) in [5.74, 6) is -0.152. The van der Waals surface area contributed by atoms with Crippen LogP contribution in [-0.4, -0.2) is 68.9 Å². The van der Waals surface area contributed by atoms with Crippen molar-refractivity contribution in [2.24, 2.45) is 0 Å². The molecule has 1 fully saturated rings. The Morgan fingerprint density at radius 1 is 1.34 bits per heavy atom. The van der Waals surface area contributed by atoms with E-state index < -0.39 is 0 Å². The molecule has 3 N–H and O–H groups in total. The Labute approximate surface area is 176 Å². The molecule has 1 aromatic carbocycles. The molecule has 0 aromatic heterocycles. The zero-order valence-corrected chi connectivity index (χ0v) is 18.1. The average molecular weight is 428 g/mol. The van der Waals surface area contributed by atoms with Crippen molar-refractivity contribution in [1.82, 2.24) is 10.2 Å². The molecule has 2 unspecified atom stereocenters. The van der Waals surface area contributed by atoms with E-state index in [-0.39, 0.29) is 30.1 Å². The van der Waals surface area contributed by atoms with Gasteiger partial charge in [-0.05, 0) is 26.3 Å². The Kier molecular flexibility index (Phi) is 8.55. The third kappa shape index (κ3) is 6.48. The van der Waals surface area contributed by atoms with Crippen molar-refractivity contribution in [2.75, 3.05) is 39.6 Å². The van der Waals surface area contributed by atoms with Gasteiger partial charge in [-0.3, -0.25) is 9.59 Å². The molecule has 2 atom stereocenters. The highest BCUT2D eigenvalue weighted by Crippen LogP contribution is 2.29. The highest BCUT2D eigenvalue weighted by Gasteiger charge is 2.31. The molecule has 1 aliphatic heterocycles. The van der Waals surface area contributed by atoms with Gasteiger partial charge in [0.05, 0.1) is 48.1 Å². The highest BCUT2D eigenvalue weighted by molar-refractivity contribution is 6.33. The van der Waals surface area contributed by atoms with Crippen molar-refractivity contribution in [2.45, 2.75) is 44.9 Å². The SMILES string of the molecule is COc1cc(N)c(Cl)cc1C(=O)NC1CCN(CCC(=O)OC(C)C)CC1OC. The zero-order chi connectivity index (χ0) is 21.6. The fourth-order valence-electron chi connectivity index (χ4n) is 3.32. The minimum absolute atomic E-state index is 0.117. The van der Waals surface area contributed by atoms with Gasteiger partial charge in [-0.1, -0.05) is 11.6 Å². The molecule has 0 radical (unpaired) electrons.